The molecule has 136 valence electrons. The number of phenols is 2. The minimum Gasteiger partial charge on any atom is -0.497 e. The highest BCUT2D eigenvalue weighted by molar-refractivity contribution is 5.59. The molecule has 26 heavy (non-hydrogen) atoms. The van der Waals surface area contributed by atoms with E-state index in [1.807, 2.05) is 0 Å². The van der Waals surface area contributed by atoms with Crippen molar-refractivity contribution in [2.45, 2.75) is 0 Å². The fourth-order valence-corrected chi connectivity index (χ4v) is 1.63. The van der Waals surface area contributed by atoms with Gasteiger partial charge in [-0.15, -0.1) is 0 Å². The lowest BCUT2D eigenvalue weighted by Crippen LogP contribution is -1.93. The lowest BCUT2D eigenvalue weighted by Gasteiger charge is -1.95. The second kappa shape index (κ2) is 7.95. The highest BCUT2D eigenvalue weighted by Crippen LogP contribution is 2.35. The second-order valence-electron chi connectivity index (χ2n) is 4.32. The van der Waals surface area contributed by atoms with Crippen molar-refractivity contribution in [3.8, 4) is 11.5 Å². The molecule has 0 aliphatic carbocycles. The minimum absolute atomic E-state index is 0.672. The van der Waals surface area contributed by atoms with E-state index in [2.05, 4.69) is 0 Å². The number of nitro groups is 4. The van der Waals surface area contributed by atoms with Crippen molar-refractivity contribution in [3.05, 3.63) is 76.9 Å². The van der Waals surface area contributed by atoms with Gasteiger partial charge in [0.25, 0.3) is 11.5 Å². The molecule has 0 atom stereocenters. The smallest absolute Gasteiger partial charge is 0.318 e. The zero-order valence-corrected chi connectivity index (χ0v) is 12.4. The molecule has 2 N–H and O–H groups in total. The fraction of sp³-hybridized carbons (Fsp3) is 0. The lowest BCUT2D eigenvalue weighted by molar-refractivity contribution is -0.396. The van der Waals surface area contributed by atoms with Crippen LogP contribution in [0.5, 0.6) is 11.5 Å². The predicted octanol–water partition coefficient (Wildman–Crippen LogP) is 2.42. The van der Waals surface area contributed by atoms with E-state index in [1.54, 1.807) is 0 Å². The Kier molecular flexibility index (Phi) is 6.02. The van der Waals surface area contributed by atoms with Crippen LogP contribution in [0.4, 0.5) is 22.7 Å². The molecule has 0 saturated carbocycles. The molecule has 0 amide bonds. The zero-order chi connectivity index (χ0) is 20.0. The number of nitrogens with zero attached hydrogens (tertiary/aromatic N) is 4. The third-order valence-corrected chi connectivity index (χ3v) is 2.77. The van der Waals surface area contributed by atoms with E-state index < -0.39 is 53.9 Å². The average molecular weight is 368 g/mol. The molecule has 0 saturated heterocycles. The number of rotatable bonds is 4. The van der Waals surface area contributed by atoms with E-state index in [0.717, 1.165) is 36.4 Å². The first kappa shape index (κ1) is 19.7. The Hall–Kier alpha value is -4.36. The SMILES string of the molecule is O=[N+]([O-])c1cccc([N+](=O)[O-])c1O.O=[N+]([O-])c1cccc([N+](=O)[O-])c1O. The summed E-state index contributed by atoms with van der Waals surface area (Å²) in [5, 5.41) is 59.0. The first-order chi connectivity index (χ1) is 12.1. The van der Waals surface area contributed by atoms with Gasteiger partial charge in [-0.3, -0.25) is 40.5 Å². The number of hydrogen-bond donors (Lipinski definition) is 2. The molecule has 0 aliphatic heterocycles. The van der Waals surface area contributed by atoms with Crippen LogP contribution in [0.25, 0.3) is 0 Å². The van der Waals surface area contributed by atoms with E-state index in [1.165, 1.54) is 0 Å². The summed E-state index contributed by atoms with van der Waals surface area (Å²) in [6, 6.07) is 6.22. The summed E-state index contributed by atoms with van der Waals surface area (Å²) in [6.07, 6.45) is 0. The van der Waals surface area contributed by atoms with Crippen LogP contribution in [-0.2, 0) is 0 Å². The number of nitro benzene ring substituents is 4. The molecule has 2 rings (SSSR count). The van der Waals surface area contributed by atoms with Crippen LogP contribution in [0.3, 0.4) is 0 Å². The molecule has 0 heterocycles. The Bertz CT molecular complexity index is 760. The Morgan fingerprint density at radius 2 is 0.731 bits per heavy atom. The van der Waals surface area contributed by atoms with E-state index in [-0.39, 0.29) is 0 Å². The van der Waals surface area contributed by atoms with Crippen molar-refractivity contribution in [1.29, 1.82) is 0 Å². The van der Waals surface area contributed by atoms with Gasteiger partial charge in [0.2, 0.25) is 0 Å². The summed E-state index contributed by atoms with van der Waals surface area (Å²) in [4.78, 5) is 37.3. The topological polar surface area (TPSA) is 213 Å². The molecule has 2 aromatic carbocycles. The number of para-hydroxylation sites is 2. The van der Waals surface area contributed by atoms with Crippen LogP contribution < -0.4 is 0 Å². The molecule has 0 unspecified atom stereocenters. The summed E-state index contributed by atoms with van der Waals surface area (Å²) in [7, 11) is 0. The maximum absolute atomic E-state index is 10.2. The number of phenolic OH excluding ortho intramolecular Hbond substituents is 2. The van der Waals surface area contributed by atoms with E-state index in [9.17, 15) is 40.5 Å². The Morgan fingerprint density at radius 1 is 0.538 bits per heavy atom. The molecular formula is C12H8N4O10. The van der Waals surface area contributed by atoms with E-state index in [4.69, 9.17) is 10.2 Å². The maximum Gasteiger partial charge on any atom is 0.318 e. The summed E-state index contributed by atoms with van der Waals surface area (Å²) in [5.41, 5.74) is -2.69. The summed E-state index contributed by atoms with van der Waals surface area (Å²) < 4.78 is 0. The van der Waals surface area contributed by atoms with Gasteiger partial charge in [-0.05, 0) is 12.1 Å². The molecule has 0 radical (unpaired) electrons. The van der Waals surface area contributed by atoms with Gasteiger partial charge in [-0.25, -0.2) is 0 Å². The number of aromatic hydroxyl groups is 2. The number of hydrogen-bond acceptors (Lipinski definition) is 10. The van der Waals surface area contributed by atoms with Gasteiger partial charge in [0, 0.05) is 24.3 Å². The molecule has 14 heteroatoms. The van der Waals surface area contributed by atoms with Crippen molar-refractivity contribution in [1.82, 2.24) is 0 Å². The molecule has 14 nitrogen and oxygen atoms in total. The summed E-state index contributed by atoms with van der Waals surface area (Å²) in [6.45, 7) is 0. The fourth-order valence-electron chi connectivity index (χ4n) is 1.63. The summed E-state index contributed by atoms with van der Waals surface area (Å²) >= 11 is 0. The standard InChI is InChI=1S/2C6H4N2O5/c2*9-6-4(7(10)11)2-1-3-5(6)8(12)13/h2*1-3,9H. The van der Waals surface area contributed by atoms with Gasteiger partial charge in [0.1, 0.15) is 0 Å². The minimum atomic E-state index is -0.919. The largest absolute Gasteiger partial charge is 0.497 e. The highest BCUT2D eigenvalue weighted by Gasteiger charge is 2.24. The Morgan fingerprint density at radius 3 is 0.885 bits per heavy atom. The molecule has 0 spiro atoms. The molecule has 0 bridgehead atoms. The first-order valence-electron chi connectivity index (χ1n) is 6.29. The van der Waals surface area contributed by atoms with Gasteiger partial charge in [0.05, 0.1) is 19.7 Å². The van der Waals surface area contributed by atoms with Crippen LogP contribution in [0, 0.1) is 40.5 Å². The summed E-state index contributed by atoms with van der Waals surface area (Å²) in [5.74, 6) is -1.84. The monoisotopic (exact) mass is 368 g/mol. The third kappa shape index (κ3) is 4.34. The van der Waals surface area contributed by atoms with Crippen molar-refractivity contribution < 1.29 is 29.9 Å². The van der Waals surface area contributed by atoms with Gasteiger partial charge in [0.15, 0.2) is 0 Å². The van der Waals surface area contributed by atoms with Gasteiger partial charge in [-0.2, -0.15) is 0 Å². The highest BCUT2D eigenvalue weighted by atomic mass is 16.6. The molecule has 0 aromatic heterocycles. The van der Waals surface area contributed by atoms with Gasteiger partial charge >= 0.3 is 22.7 Å². The molecule has 2 aromatic rings. The maximum atomic E-state index is 10.2. The molecular weight excluding hydrogens is 360 g/mol. The molecule has 0 aliphatic rings. The second-order valence-corrected chi connectivity index (χ2v) is 4.32. The van der Waals surface area contributed by atoms with E-state index in [0.29, 0.717) is 0 Å². The van der Waals surface area contributed by atoms with Crippen LogP contribution in [0.2, 0.25) is 0 Å². The Balaban J connectivity index is 0.000000260. The van der Waals surface area contributed by atoms with Gasteiger partial charge < -0.3 is 10.2 Å². The van der Waals surface area contributed by atoms with Crippen molar-refractivity contribution in [3.63, 3.8) is 0 Å². The van der Waals surface area contributed by atoms with Crippen LogP contribution in [0.1, 0.15) is 0 Å². The third-order valence-electron chi connectivity index (χ3n) is 2.77. The average Bonchev–Trinajstić information content (AvgIpc) is 2.54. The van der Waals surface area contributed by atoms with Gasteiger partial charge in [-0.1, -0.05) is 0 Å². The Labute approximate surface area is 142 Å². The lowest BCUT2D eigenvalue weighted by atomic mass is 10.2. The number of benzene rings is 2. The van der Waals surface area contributed by atoms with E-state index >= 15 is 0 Å². The van der Waals surface area contributed by atoms with Crippen molar-refractivity contribution in [2.75, 3.05) is 0 Å². The quantitative estimate of drug-likeness (QED) is 0.593. The van der Waals surface area contributed by atoms with Crippen LogP contribution in [-0.4, -0.2) is 29.9 Å². The van der Waals surface area contributed by atoms with Crippen molar-refractivity contribution in [2.24, 2.45) is 0 Å². The first-order valence-corrected chi connectivity index (χ1v) is 6.29. The van der Waals surface area contributed by atoms with Crippen LogP contribution in [0.15, 0.2) is 36.4 Å². The van der Waals surface area contributed by atoms with Crippen LogP contribution >= 0.6 is 0 Å². The zero-order valence-electron chi connectivity index (χ0n) is 12.4. The predicted molar refractivity (Wildman–Crippen MR) is 82.8 cm³/mol. The van der Waals surface area contributed by atoms with Crippen molar-refractivity contribution >= 4 is 22.7 Å². The normalized spacial score (nSPS) is 9.54. The molecule has 0 fully saturated rings.